The second-order valence-corrected chi connectivity index (χ2v) is 5.25. The molecule has 1 rings (SSSR count). The predicted octanol–water partition coefficient (Wildman–Crippen LogP) is 2.11. The molecule has 0 amide bonds. The maximum Gasteiger partial charge on any atom is 0.208 e. The molecule has 1 aromatic rings. The number of hydrogen-bond acceptors (Lipinski definition) is 6. The highest BCUT2D eigenvalue weighted by molar-refractivity contribution is 8.13. The van der Waals surface area contributed by atoms with Gasteiger partial charge in [-0.1, -0.05) is 11.8 Å². The molecule has 0 saturated heterocycles. The number of hydrogen-bond donors (Lipinski definition) is 1. The van der Waals surface area contributed by atoms with Crippen molar-refractivity contribution < 1.29 is 4.74 Å². The van der Waals surface area contributed by atoms with Gasteiger partial charge in [-0.3, -0.25) is 4.98 Å². The van der Waals surface area contributed by atoms with Crippen LogP contribution in [-0.4, -0.2) is 35.8 Å². The molecule has 0 unspecified atom stereocenters. The summed E-state index contributed by atoms with van der Waals surface area (Å²) in [6.07, 6.45) is 5.42. The third kappa shape index (κ3) is 5.85. The van der Waals surface area contributed by atoms with E-state index in [1.807, 2.05) is 18.4 Å². The Hall–Kier alpha value is -1.39. The number of nitrogens with zero attached hydrogens (tertiary/aromatic N) is 3. The predicted molar refractivity (Wildman–Crippen MR) is 81.5 cm³/mol. The normalized spacial score (nSPS) is 10.9. The molecule has 0 spiro atoms. The van der Waals surface area contributed by atoms with E-state index in [2.05, 4.69) is 15.3 Å². The van der Waals surface area contributed by atoms with E-state index in [0.717, 1.165) is 29.5 Å². The van der Waals surface area contributed by atoms with Crippen LogP contribution in [0.2, 0.25) is 0 Å². The van der Waals surface area contributed by atoms with Crippen LogP contribution in [0, 0.1) is 11.5 Å². The Morgan fingerprint density at radius 2 is 2.47 bits per heavy atom. The lowest BCUT2D eigenvalue weighted by Gasteiger charge is -2.07. The number of rotatable bonds is 6. The van der Waals surface area contributed by atoms with Crippen molar-refractivity contribution in [3.05, 3.63) is 24.0 Å². The van der Waals surface area contributed by atoms with Crippen LogP contribution in [-0.2, 0) is 5.75 Å². The minimum Gasteiger partial charge on any atom is -0.495 e. The van der Waals surface area contributed by atoms with Crippen LogP contribution in [0.3, 0.4) is 0 Å². The summed E-state index contributed by atoms with van der Waals surface area (Å²) < 4.78 is 5.24. The van der Waals surface area contributed by atoms with Gasteiger partial charge in [0.05, 0.1) is 12.8 Å². The molecular weight excluding hydrogens is 280 g/mol. The fraction of sp³-hybridized carbons (Fsp3) is 0.417. The van der Waals surface area contributed by atoms with Crippen molar-refractivity contribution in [3.8, 4) is 11.9 Å². The van der Waals surface area contributed by atoms with E-state index in [9.17, 15) is 0 Å². The number of pyridine rings is 1. The number of nitriles is 1. The van der Waals surface area contributed by atoms with Gasteiger partial charge in [-0.25, -0.2) is 0 Å². The Morgan fingerprint density at radius 3 is 3.16 bits per heavy atom. The maximum atomic E-state index is 8.46. The number of aromatic nitrogens is 1. The maximum absolute atomic E-state index is 8.46. The number of methoxy groups -OCH3 is 1. The molecule has 0 aliphatic heterocycles. The van der Waals surface area contributed by atoms with Gasteiger partial charge in [0.25, 0.3) is 0 Å². The summed E-state index contributed by atoms with van der Waals surface area (Å²) in [5.74, 6) is 2.53. The van der Waals surface area contributed by atoms with Crippen molar-refractivity contribution in [2.45, 2.75) is 5.75 Å². The second kappa shape index (κ2) is 9.53. The molecule has 0 saturated carbocycles. The fourth-order valence-electron chi connectivity index (χ4n) is 1.32. The summed E-state index contributed by atoms with van der Waals surface area (Å²) in [6, 6.07) is 3.77. The van der Waals surface area contributed by atoms with E-state index in [4.69, 9.17) is 10.00 Å². The van der Waals surface area contributed by atoms with Crippen LogP contribution >= 0.6 is 23.5 Å². The van der Waals surface area contributed by atoms with Crippen molar-refractivity contribution in [3.63, 3.8) is 0 Å². The molecule has 7 heteroatoms. The first-order chi connectivity index (χ1) is 9.31. The standard InChI is InChI=1S/C12H16N4OS2/c1-17-11-4-3-5-14-10(11)8-19-7-6-15-12(18-2)16-9-13/h3-5H,6-8H2,1-2H3,(H,15,16). The topological polar surface area (TPSA) is 70.3 Å². The highest BCUT2D eigenvalue weighted by Gasteiger charge is 2.03. The summed E-state index contributed by atoms with van der Waals surface area (Å²) in [7, 11) is 1.65. The van der Waals surface area contributed by atoms with Gasteiger partial charge in [-0.2, -0.15) is 17.0 Å². The molecule has 1 aromatic heterocycles. The number of thioether (sulfide) groups is 2. The van der Waals surface area contributed by atoms with E-state index in [-0.39, 0.29) is 0 Å². The highest BCUT2D eigenvalue weighted by atomic mass is 32.2. The number of nitrogens with one attached hydrogen (secondary N) is 1. The van der Waals surface area contributed by atoms with Gasteiger partial charge in [-0.05, 0) is 18.4 Å². The monoisotopic (exact) mass is 296 g/mol. The first kappa shape index (κ1) is 15.7. The zero-order chi connectivity index (χ0) is 13.9. The third-order valence-electron chi connectivity index (χ3n) is 2.17. The van der Waals surface area contributed by atoms with Crippen molar-refractivity contribution >= 4 is 28.7 Å². The lowest BCUT2D eigenvalue weighted by atomic mass is 10.3. The smallest absolute Gasteiger partial charge is 0.208 e. The molecule has 1 heterocycles. The van der Waals surface area contributed by atoms with Gasteiger partial charge in [0.15, 0.2) is 5.17 Å². The molecule has 0 bridgehead atoms. The number of aliphatic imine (C=N–C) groups is 1. The van der Waals surface area contributed by atoms with Crippen molar-refractivity contribution in [1.29, 1.82) is 5.26 Å². The SMILES string of the molecule is COc1cccnc1CSCCNC(=NC#N)SC. The average Bonchev–Trinajstić information content (AvgIpc) is 2.46. The van der Waals surface area contributed by atoms with Crippen molar-refractivity contribution in [2.24, 2.45) is 4.99 Å². The summed E-state index contributed by atoms with van der Waals surface area (Å²) in [5, 5.41) is 12.2. The van der Waals surface area contributed by atoms with Gasteiger partial charge < -0.3 is 10.1 Å². The second-order valence-electron chi connectivity index (χ2n) is 3.35. The first-order valence-electron chi connectivity index (χ1n) is 5.62. The Labute approximate surface area is 121 Å². The molecule has 0 fully saturated rings. The van der Waals surface area contributed by atoms with Gasteiger partial charge in [0, 0.05) is 24.2 Å². The third-order valence-corrected chi connectivity index (χ3v) is 3.77. The van der Waals surface area contributed by atoms with Crippen LogP contribution in [0.1, 0.15) is 5.69 Å². The van der Waals surface area contributed by atoms with Gasteiger partial charge in [0.2, 0.25) is 6.19 Å². The first-order valence-corrected chi connectivity index (χ1v) is 8.00. The van der Waals surface area contributed by atoms with Crippen LogP contribution in [0.5, 0.6) is 5.75 Å². The van der Waals surface area contributed by atoms with Crippen molar-refractivity contribution in [2.75, 3.05) is 25.7 Å². The number of amidine groups is 1. The zero-order valence-electron chi connectivity index (χ0n) is 10.9. The Morgan fingerprint density at radius 1 is 1.63 bits per heavy atom. The molecule has 0 atom stereocenters. The molecule has 102 valence electrons. The van der Waals surface area contributed by atoms with E-state index >= 15 is 0 Å². The van der Waals surface area contributed by atoms with E-state index in [0.29, 0.717) is 5.17 Å². The lowest BCUT2D eigenvalue weighted by Crippen LogP contribution is -2.22. The minimum atomic E-state index is 0.651. The highest BCUT2D eigenvalue weighted by Crippen LogP contribution is 2.19. The fourth-order valence-corrected chi connectivity index (χ4v) is 2.50. The summed E-state index contributed by atoms with van der Waals surface area (Å²) in [6.45, 7) is 0.765. The quantitative estimate of drug-likeness (QED) is 0.375. The van der Waals surface area contributed by atoms with E-state index < -0.39 is 0 Å². The zero-order valence-corrected chi connectivity index (χ0v) is 12.6. The summed E-state index contributed by atoms with van der Waals surface area (Å²) >= 11 is 3.18. The minimum absolute atomic E-state index is 0.651. The van der Waals surface area contributed by atoms with Gasteiger partial charge in [-0.15, -0.1) is 4.99 Å². The van der Waals surface area contributed by atoms with E-state index in [1.165, 1.54) is 11.8 Å². The summed E-state index contributed by atoms with van der Waals surface area (Å²) in [4.78, 5) is 7.95. The molecule has 0 radical (unpaired) electrons. The molecule has 0 aliphatic rings. The molecule has 0 aliphatic carbocycles. The molecule has 5 nitrogen and oxygen atoms in total. The van der Waals surface area contributed by atoms with Crippen LogP contribution in [0.4, 0.5) is 0 Å². The molecule has 1 N–H and O–H groups in total. The molecule has 0 aromatic carbocycles. The average molecular weight is 296 g/mol. The number of ether oxygens (including phenoxy) is 1. The summed E-state index contributed by atoms with van der Waals surface area (Å²) in [5.41, 5.74) is 0.950. The van der Waals surface area contributed by atoms with Crippen molar-refractivity contribution in [1.82, 2.24) is 10.3 Å². The Balaban J connectivity index is 2.28. The molecular formula is C12H16N4OS2. The van der Waals surface area contributed by atoms with Crippen LogP contribution in [0.15, 0.2) is 23.3 Å². The lowest BCUT2D eigenvalue weighted by molar-refractivity contribution is 0.409. The van der Waals surface area contributed by atoms with Gasteiger partial charge >= 0.3 is 0 Å². The van der Waals surface area contributed by atoms with E-state index in [1.54, 1.807) is 31.3 Å². The van der Waals surface area contributed by atoms with Crippen LogP contribution in [0.25, 0.3) is 0 Å². The molecule has 19 heavy (non-hydrogen) atoms. The largest absolute Gasteiger partial charge is 0.495 e. The van der Waals surface area contributed by atoms with Crippen LogP contribution < -0.4 is 10.1 Å². The Bertz CT molecular complexity index is 459. The Kier molecular flexibility index (Phi) is 7.86. The van der Waals surface area contributed by atoms with Gasteiger partial charge in [0.1, 0.15) is 5.75 Å².